The van der Waals surface area contributed by atoms with Crippen LogP contribution < -0.4 is 16.6 Å². The van der Waals surface area contributed by atoms with Crippen molar-refractivity contribution in [2.24, 2.45) is 5.92 Å². The first kappa shape index (κ1) is 23.0. The number of unbranched alkanes of at least 4 members (excludes halogenated alkanes) is 1. The van der Waals surface area contributed by atoms with Gasteiger partial charge in [0.25, 0.3) is 5.56 Å². The Balaban J connectivity index is 1.89. The van der Waals surface area contributed by atoms with Crippen molar-refractivity contribution in [3.05, 3.63) is 56.5 Å². The second kappa shape index (κ2) is 10.1. The van der Waals surface area contributed by atoms with Gasteiger partial charge in [-0.05, 0) is 36.6 Å². The van der Waals surface area contributed by atoms with Gasteiger partial charge in [-0.15, -0.1) is 0 Å². The largest absolute Gasteiger partial charge is 0.330 e. The van der Waals surface area contributed by atoms with Crippen LogP contribution in [0.1, 0.15) is 51.4 Å². The monoisotopic (exact) mass is 436 g/mol. The molecule has 9 heteroatoms. The molecule has 3 aromatic rings. The summed E-state index contributed by atoms with van der Waals surface area (Å²) < 4.78 is 3.34. The highest BCUT2D eigenvalue weighted by Gasteiger charge is 2.19. The number of H-pyrrole nitrogens is 1. The normalized spacial score (nSPS) is 11.1. The third kappa shape index (κ3) is 5.14. The molecule has 32 heavy (non-hydrogen) atoms. The van der Waals surface area contributed by atoms with Crippen molar-refractivity contribution in [3.63, 3.8) is 0 Å². The summed E-state index contributed by atoms with van der Waals surface area (Å²) in [5, 5.41) is 11.7. The van der Waals surface area contributed by atoms with Crippen LogP contribution in [-0.4, -0.2) is 25.0 Å². The molecular weight excluding hydrogens is 408 g/mol. The van der Waals surface area contributed by atoms with Gasteiger partial charge in [0, 0.05) is 31.6 Å². The van der Waals surface area contributed by atoms with Crippen molar-refractivity contribution in [1.29, 1.82) is 5.26 Å². The number of carbonyl (C=O) groups excluding carboxylic acids is 1. The minimum absolute atomic E-state index is 0.165. The van der Waals surface area contributed by atoms with Crippen molar-refractivity contribution in [1.82, 2.24) is 19.1 Å². The molecule has 0 radical (unpaired) electrons. The van der Waals surface area contributed by atoms with E-state index in [0.717, 1.165) is 12.8 Å². The van der Waals surface area contributed by atoms with Gasteiger partial charge in [-0.1, -0.05) is 27.2 Å². The minimum Gasteiger partial charge on any atom is -0.326 e. The number of nitrogens with zero attached hydrogens (tertiary/aromatic N) is 4. The van der Waals surface area contributed by atoms with Gasteiger partial charge in [0.2, 0.25) is 5.91 Å². The number of carbonyl (C=O) groups is 1. The molecule has 0 aliphatic heterocycles. The molecule has 2 aromatic heterocycles. The summed E-state index contributed by atoms with van der Waals surface area (Å²) in [4.78, 5) is 44.6. The number of aryl methyl sites for hydroxylation is 2. The lowest BCUT2D eigenvalue weighted by Gasteiger charge is -2.11. The molecule has 0 unspecified atom stereocenters. The van der Waals surface area contributed by atoms with E-state index in [9.17, 15) is 14.4 Å². The molecule has 0 bridgehead atoms. The summed E-state index contributed by atoms with van der Waals surface area (Å²) >= 11 is 0. The van der Waals surface area contributed by atoms with Crippen molar-refractivity contribution in [2.45, 2.75) is 59.5 Å². The number of nitrogens with one attached hydrogen (secondary N) is 2. The van der Waals surface area contributed by atoms with Gasteiger partial charge in [0.05, 0.1) is 11.6 Å². The van der Waals surface area contributed by atoms with Crippen LogP contribution >= 0.6 is 0 Å². The van der Waals surface area contributed by atoms with Crippen LogP contribution in [0, 0.1) is 17.2 Å². The Morgan fingerprint density at radius 1 is 1.22 bits per heavy atom. The van der Waals surface area contributed by atoms with E-state index in [4.69, 9.17) is 5.26 Å². The molecule has 0 aliphatic rings. The third-order valence-corrected chi connectivity index (χ3v) is 5.12. The first-order valence-electron chi connectivity index (χ1n) is 10.9. The van der Waals surface area contributed by atoms with Crippen molar-refractivity contribution < 1.29 is 4.79 Å². The standard InChI is InChI=1S/C23H28N6O3/c1-4-5-12-28-21-20(22(31)27-23(28)32)29(14-15(2)3)18(26-21)10-11-19(30)25-17-8-6-16(13-24)7-9-17/h6-9,15H,4-5,10-12,14H2,1-3H3,(H,25,30)(H,27,31,32). The van der Waals surface area contributed by atoms with E-state index in [2.05, 4.69) is 15.3 Å². The van der Waals surface area contributed by atoms with E-state index < -0.39 is 11.2 Å². The SMILES string of the molecule is CCCCn1c(=O)[nH]c(=O)c2c1nc(CCC(=O)Nc1ccc(C#N)cc1)n2CC(C)C. The molecule has 0 saturated carbocycles. The van der Waals surface area contributed by atoms with Crippen molar-refractivity contribution in [3.8, 4) is 6.07 Å². The Bertz CT molecular complexity index is 1260. The average Bonchev–Trinajstić information content (AvgIpc) is 3.10. The lowest BCUT2D eigenvalue weighted by molar-refractivity contribution is -0.116. The zero-order valence-corrected chi connectivity index (χ0v) is 18.6. The van der Waals surface area contributed by atoms with Crippen LogP contribution in [0.2, 0.25) is 0 Å². The number of nitriles is 1. The zero-order chi connectivity index (χ0) is 23.3. The number of fused-ring (bicyclic) bond motifs is 1. The Labute approximate surface area is 185 Å². The topological polar surface area (TPSA) is 126 Å². The first-order valence-corrected chi connectivity index (χ1v) is 10.9. The predicted octanol–water partition coefficient (Wildman–Crippen LogP) is 2.79. The van der Waals surface area contributed by atoms with Gasteiger partial charge in [-0.2, -0.15) is 5.26 Å². The fourth-order valence-electron chi connectivity index (χ4n) is 3.57. The molecule has 0 fully saturated rings. The lowest BCUT2D eigenvalue weighted by atomic mass is 10.2. The van der Waals surface area contributed by atoms with Crippen LogP contribution in [0.4, 0.5) is 5.69 Å². The fraction of sp³-hybridized carbons (Fsp3) is 0.435. The van der Waals surface area contributed by atoms with Crippen LogP contribution in [0.3, 0.4) is 0 Å². The van der Waals surface area contributed by atoms with Gasteiger partial charge in [0.1, 0.15) is 5.82 Å². The second-order valence-corrected chi connectivity index (χ2v) is 8.21. The maximum atomic E-state index is 12.6. The number of aromatic nitrogens is 4. The lowest BCUT2D eigenvalue weighted by Crippen LogP contribution is -2.31. The summed E-state index contributed by atoms with van der Waals surface area (Å²) in [5.41, 5.74) is 0.945. The minimum atomic E-state index is -0.463. The fourth-order valence-corrected chi connectivity index (χ4v) is 3.57. The highest BCUT2D eigenvalue weighted by molar-refractivity contribution is 5.90. The highest BCUT2D eigenvalue weighted by Crippen LogP contribution is 2.17. The number of hydrogen-bond donors (Lipinski definition) is 2. The number of rotatable bonds is 9. The van der Waals surface area contributed by atoms with E-state index in [-0.39, 0.29) is 18.2 Å². The zero-order valence-electron chi connectivity index (χ0n) is 18.6. The smallest absolute Gasteiger partial charge is 0.326 e. The van der Waals surface area contributed by atoms with Crippen LogP contribution in [0.25, 0.3) is 11.2 Å². The molecule has 3 rings (SSSR count). The van der Waals surface area contributed by atoms with Crippen molar-refractivity contribution in [2.75, 3.05) is 5.32 Å². The van der Waals surface area contributed by atoms with E-state index in [1.54, 1.807) is 24.3 Å². The quantitative estimate of drug-likeness (QED) is 0.533. The highest BCUT2D eigenvalue weighted by atomic mass is 16.2. The van der Waals surface area contributed by atoms with Gasteiger partial charge in [-0.25, -0.2) is 9.78 Å². The predicted molar refractivity (Wildman–Crippen MR) is 122 cm³/mol. The summed E-state index contributed by atoms with van der Waals surface area (Å²) in [5.74, 6) is 0.647. The van der Waals surface area contributed by atoms with Gasteiger partial charge in [-0.3, -0.25) is 19.1 Å². The summed E-state index contributed by atoms with van der Waals surface area (Å²) in [7, 11) is 0. The molecule has 0 saturated heterocycles. The number of amides is 1. The Morgan fingerprint density at radius 3 is 2.56 bits per heavy atom. The second-order valence-electron chi connectivity index (χ2n) is 8.21. The summed E-state index contributed by atoms with van der Waals surface area (Å²) in [6, 6.07) is 8.67. The van der Waals surface area contributed by atoms with Gasteiger partial charge < -0.3 is 9.88 Å². The Hall–Kier alpha value is -3.67. The average molecular weight is 437 g/mol. The number of benzene rings is 1. The first-order chi connectivity index (χ1) is 15.3. The van der Waals surface area contributed by atoms with E-state index >= 15 is 0 Å². The molecule has 1 aromatic carbocycles. The van der Waals surface area contributed by atoms with Gasteiger partial charge in [0.15, 0.2) is 11.2 Å². The molecule has 9 nitrogen and oxygen atoms in total. The van der Waals surface area contributed by atoms with Crippen LogP contribution in [0.5, 0.6) is 0 Å². The molecule has 2 heterocycles. The molecule has 1 amide bonds. The molecule has 0 aliphatic carbocycles. The number of aromatic amines is 1. The van der Waals surface area contributed by atoms with E-state index in [1.807, 2.05) is 31.4 Å². The van der Waals surface area contributed by atoms with Crippen LogP contribution in [-0.2, 0) is 24.3 Å². The molecular formula is C23H28N6O3. The van der Waals surface area contributed by atoms with E-state index in [0.29, 0.717) is 47.7 Å². The summed E-state index contributed by atoms with van der Waals surface area (Å²) in [6.45, 7) is 7.13. The Kier molecular flexibility index (Phi) is 7.25. The number of anilines is 1. The van der Waals surface area contributed by atoms with E-state index in [1.165, 1.54) is 4.57 Å². The van der Waals surface area contributed by atoms with Gasteiger partial charge >= 0.3 is 5.69 Å². The maximum absolute atomic E-state index is 12.6. The van der Waals surface area contributed by atoms with Crippen molar-refractivity contribution >= 4 is 22.8 Å². The molecule has 168 valence electrons. The Morgan fingerprint density at radius 2 is 1.94 bits per heavy atom. The number of hydrogen-bond acceptors (Lipinski definition) is 5. The van der Waals surface area contributed by atoms with Crippen LogP contribution in [0.15, 0.2) is 33.9 Å². The maximum Gasteiger partial charge on any atom is 0.330 e. The third-order valence-electron chi connectivity index (χ3n) is 5.12. The molecule has 2 N–H and O–H groups in total. The summed E-state index contributed by atoms with van der Waals surface area (Å²) in [6.07, 6.45) is 2.19. The number of imidazole rings is 1. The molecule has 0 atom stereocenters. The molecule has 0 spiro atoms.